The monoisotopic (exact) mass is 446 g/mol. The molecule has 0 aliphatic heterocycles. The van der Waals surface area contributed by atoms with E-state index < -0.39 is 18.3 Å². The van der Waals surface area contributed by atoms with Crippen molar-refractivity contribution in [2.75, 3.05) is 20.2 Å². The van der Waals surface area contributed by atoms with Crippen molar-refractivity contribution in [2.24, 2.45) is 0 Å². The average Bonchev–Trinajstić information content (AvgIpc) is 3.16. The van der Waals surface area contributed by atoms with Crippen LogP contribution in [-0.4, -0.2) is 42.6 Å². The van der Waals surface area contributed by atoms with Crippen molar-refractivity contribution >= 4 is 6.09 Å². The third-order valence-corrected chi connectivity index (χ3v) is 6.16. The molecular formula is C27H30N2O4. The summed E-state index contributed by atoms with van der Waals surface area (Å²) >= 11 is 0. The lowest BCUT2D eigenvalue weighted by Crippen LogP contribution is -2.31. The normalized spacial score (nSPS) is 14.3. The number of aliphatic hydroxyl groups is 2. The summed E-state index contributed by atoms with van der Waals surface area (Å²) in [5, 5.41) is 26.8. The Balaban J connectivity index is 1.28. The van der Waals surface area contributed by atoms with Crippen LogP contribution in [0.4, 0.5) is 4.79 Å². The number of hydrogen-bond donors (Lipinski definition) is 4. The molecule has 3 aromatic carbocycles. The van der Waals surface area contributed by atoms with Crippen LogP contribution in [0.1, 0.15) is 40.7 Å². The van der Waals surface area contributed by atoms with E-state index in [1.165, 1.54) is 11.1 Å². The number of aliphatic hydroxyl groups excluding tert-OH is 2. The Kier molecular flexibility index (Phi) is 7.40. The molecule has 4 rings (SSSR count). The third kappa shape index (κ3) is 5.09. The Morgan fingerprint density at radius 1 is 0.939 bits per heavy atom. The van der Waals surface area contributed by atoms with Gasteiger partial charge in [-0.15, -0.1) is 0 Å². The van der Waals surface area contributed by atoms with Crippen molar-refractivity contribution in [3.63, 3.8) is 0 Å². The number of ether oxygens (including phenoxy) is 1. The largest absolute Gasteiger partial charge is 0.449 e. The SMILES string of the molecule is CNCc1ccccc1C(O)C(O)CCNC(=O)OCC1c2ccccc2-c2ccccc21. The smallest absolute Gasteiger partial charge is 0.407 e. The molecule has 2 unspecified atom stereocenters. The summed E-state index contributed by atoms with van der Waals surface area (Å²) in [6.45, 7) is 1.03. The topological polar surface area (TPSA) is 90.8 Å². The van der Waals surface area contributed by atoms with Crippen LogP contribution >= 0.6 is 0 Å². The fourth-order valence-corrected chi connectivity index (χ4v) is 4.51. The molecule has 1 aliphatic carbocycles. The molecule has 0 heterocycles. The van der Waals surface area contributed by atoms with Crippen LogP contribution < -0.4 is 10.6 Å². The van der Waals surface area contributed by atoms with Gasteiger partial charge in [-0.05, 0) is 46.8 Å². The van der Waals surface area contributed by atoms with E-state index in [9.17, 15) is 15.0 Å². The van der Waals surface area contributed by atoms with E-state index in [0.29, 0.717) is 12.1 Å². The second-order valence-electron chi connectivity index (χ2n) is 8.28. The van der Waals surface area contributed by atoms with E-state index in [0.717, 1.165) is 16.7 Å². The standard InChI is InChI=1S/C27H30N2O4/c1-28-16-18-8-2-3-9-19(18)26(31)25(30)14-15-29-27(32)33-17-24-22-12-6-4-10-20(22)21-11-5-7-13-23(21)24/h2-13,24-26,28,30-31H,14-17H2,1H3,(H,29,32). The van der Waals surface area contributed by atoms with Crippen LogP contribution in [-0.2, 0) is 11.3 Å². The van der Waals surface area contributed by atoms with Crippen molar-refractivity contribution in [1.29, 1.82) is 0 Å². The minimum absolute atomic E-state index is 0.000704. The van der Waals surface area contributed by atoms with Gasteiger partial charge in [-0.2, -0.15) is 0 Å². The van der Waals surface area contributed by atoms with E-state index in [2.05, 4.69) is 34.9 Å². The number of carbonyl (C=O) groups excluding carboxylic acids is 1. The van der Waals surface area contributed by atoms with Gasteiger partial charge in [0.2, 0.25) is 0 Å². The third-order valence-electron chi connectivity index (χ3n) is 6.16. The van der Waals surface area contributed by atoms with Crippen molar-refractivity contribution in [3.8, 4) is 11.1 Å². The predicted octanol–water partition coefficient (Wildman–Crippen LogP) is 3.73. The Bertz CT molecular complexity index is 1060. The summed E-state index contributed by atoms with van der Waals surface area (Å²) in [4.78, 5) is 12.3. The van der Waals surface area contributed by atoms with Gasteiger partial charge >= 0.3 is 6.09 Å². The number of rotatable bonds is 9. The fourth-order valence-electron chi connectivity index (χ4n) is 4.51. The summed E-state index contributed by atoms with van der Waals surface area (Å²) in [6, 6.07) is 23.8. The van der Waals surface area contributed by atoms with Gasteiger partial charge in [0.25, 0.3) is 0 Å². The Morgan fingerprint density at radius 3 is 2.21 bits per heavy atom. The number of carbonyl (C=O) groups is 1. The molecule has 33 heavy (non-hydrogen) atoms. The zero-order valence-corrected chi connectivity index (χ0v) is 18.7. The lowest BCUT2D eigenvalue weighted by Gasteiger charge is -2.21. The first-order chi connectivity index (χ1) is 16.1. The van der Waals surface area contributed by atoms with Crippen LogP contribution in [0.2, 0.25) is 0 Å². The number of hydrogen-bond acceptors (Lipinski definition) is 5. The van der Waals surface area contributed by atoms with Gasteiger partial charge in [-0.25, -0.2) is 4.79 Å². The first-order valence-corrected chi connectivity index (χ1v) is 11.3. The maximum absolute atomic E-state index is 12.3. The van der Waals surface area contributed by atoms with Crippen LogP contribution in [0, 0.1) is 0 Å². The molecule has 0 saturated heterocycles. The minimum atomic E-state index is -1.03. The Hall–Kier alpha value is -3.19. The summed E-state index contributed by atoms with van der Waals surface area (Å²) in [5.74, 6) is -0.000704. The molecule has 0 saturated carbocycles. The summed E-state index contributed by atoms with van der Waals surface area (Å²) in [6.07, 6.45) is -2.36. The van der Waals surface area contributed by atoms with Gasteiger partial charge in [-0.1, -0.05) is 72.8 Å². The fraction of sp³-hybridized carbons (Fsp3) is 0.296. The number of alkyl carbamates (subject to hydrolysis) is 1. The second-order valence-corrected chi connectivity index (χ2v) is 8.28. The van der Waals surface area contributed by atoms with Gasteiger partial charge < -0.3 is 25.6 Å². The molecule has 3 aromatic rings. The highest BCUT2D eigenvalue weighted by Gasteiger charge is 2.29. The first kappa shape index (κ1) is 23.0. The molecule has 0 radical (unpaired) electrons. The van der Waals surface area contributed by atoms with Gasteiger partial charge in [0.05, 0.1) is 6.10 Å². The molecule has 172 valence electrons. The van der Waals surface area contributed by atoms with E-state index in [-0.39, 0.29) is 25.5 Å². The number of nitrogens with one attached hydrogen (secondary N) is 2. The van der Waals surface area contributed by atoms with Gasteiger partial charge in [-0.3, -0.25) is 0 Å². The lowest BCUT2D eigenvalue weighted by molar-refractivity contribution is 0.0131. The Morgan fingerprint density at radius 2 is 1.55 bits per heavy atom. The molecule has 2 atom stereocenters. The summed E-state index contributed by atoms with van der Waals surface area (Å²) in [5.41, 5.74) is 6.28. The highest BCUT2D eigenvalue weighted by atomic mass is 16.5. The van der Waals surface area contributed by atoms with Crippen molar-refractivity contribution in [2.45, 2.75) is 31.1 Å². The van der Waals surface area contributed by atoms with E-state index in [1.807, 2.05) is 49.5 Å². The van der Waals surface area contributed by atoms with Gasteiger partial charge in [0.1, 0.15) is 12.7 Å². The molecule has 0 spiro atoms. The van der Waals surface area contributed by atoms with Crippen LogP contribution in [0.15, 0.2) is 72.8 Å². The zero-order chi connectivity index (χ0) is 23.2. The molecule has 0 aromatic heterocycles. The van der Waals surface area contributed by atoms with Crippen molar-refractivity contribution in [1.82, 2.24) is 10.6 Å². The zero-order valence-electron chi connectivity index (χ0n) is 18.7. The van der Waals surface area contributed by atoms with Crippen molar-refractivity contribution in [3.05, 3.63) is 95.1 Å². The highest BCUT2D eigenvalue weighted by Crippen LogP contribution is 2.44. The summed E-state index contributed by atoms with van der Waals surface area (Å²) in [7, 11) is 1.83. The molecule has 6 heteroatoms. The molecule has 0 fully saturated rings. The maximum atomic E-state index is 12.3. The van der Waals surface area contributed by atoms with E-state index in [4.69, 9.17) is 4.74 Å². The quantitative estimate of drug-likeness (QED) is 0.402. The van der Waals surface area contributed by atoms with Crippen LogP contribution in [0.5, 0.6) is 0 Å². The first-order valence-electron chi connectivity index (χ1n) is 11.3. The van der Waals surface area contributed by atoms with Crippen LogP contribution in [0.25, 0.3) is 11.1 Å². The summed E-state index contributed by atoms with van der Waals surface area (Å²) < 4.78 is 5.52. The van der Waals surface area contributed by atoms with E-state index in [1.54, 1.807) is 6.07 Å². The minimum Gasteiger partial charge on any atom is -0.449 e. The maximum Gasteiger partial charge on any atom is 0.407 e. The average molecular weight is 447 g/mol. The number of fused-ring (bicyclic) bond motifs is 3. The van der Waals surface area contributed by atoms with E-state index >= 15 is 0 Å². The van der Waals surface area contributed by atoms with Crippen LogP contribution in [0.3, 0.4) is 0 Å². The molecular weight excluding hydrogens is 416 g/mol. The second kappa shape index (κ2) is 10.6. The predicted molar refractivity (Wildman–Crippen MR) is 128 cm³/mol. The molecule has 1 aliphatic rings. The molecule has 0 bridgehead atoms. The number of benzene rings is 3. The number of amides is 1. The van der Waals surface area contributed by atoms with Gasteiger partial charge in [0, 0.05) is 19.0 Å². The molecule has 6 nitrogen and oxygen atoms in total. The van der Waals surface area contributed by atoms with Gasteiger partial charge in [0.15, 0.2) is 0 Å². The lowest BCUT2D eigenvalue weighted by atomic mass is 9.97. The molecule has 4 N–H and O–H groups in total. The highest BCUT2D eigenvalue weighted by molar-refractivity contribution is 5.79. The Labute approximate surface area is 194 Å². The van der Waals surface area contributed by atoms with Crippen molar-refractivity contribution < 1.29 is 19.7 Å². The molecule has 1 amide bonds.